The van der Waals surface area contributed by atoms with Crippen LogP contribution >= 0.6 is 0 Å². The highest BCUT2D eigenvalue weighted by molar-refractivity contribution is 6.12. The van der Waals surface area contributed by atoms with Crippen molar-refractivity contribution in [3.8, 4) is 0 Å². The topological polar surface area (TPSA) is 103 Å². The molecule has 0 spiro atoms. The highest BCUT2D eigenvalue weighted by Gasteiger charge is 2.33. The molecule has 0 saturated heterocycles. The first-order valence-corrected chi connectivity index (χ1v) is 10.5. The van der Waals surface area contributed by atoms with Crippen molar-refractivity contribution in [1.82, 2.24) is 0 Å². The third-order valence-electron chi connectivity index (χ3n) is 4.83. The zero-order valence-electron chi connectivity index (χ0n) is 18.2. The minimum absolute atomic E-state index is 0.249. The Hall–Kier alpha value is -4.20. The van der Waals surface area contributed by atoms with E-state index in [0.717, 1.165) is 6.21 Å². The maximum Gasteiger partial charge on any atom is 0.338 e. The number of ether oxygens (including phenoxy) is 3. The predicted octanol–water partition coefficient (Wildman–Crippen LogP) is 3.90. The van der Waals surface area contributed by atoms with Crippen LogP contribution in [0.25, 0.3) is 0 Å². The zero-order valence-corrected chi connectivity index (χ0v) is 18.2. The highest BCUT2D eigenvalue weighted by atomic mass is 16.6. The van der Waals surface area contributed by atoms with Crippen molar-refractivity contribution >= 4 is 32.0 Å². The molecule has 0 amide bonds. The Balaban J connectivity index is 1.76. The Morgan fingerprint density at radius 2 is 1.12 bits per heavy atom. The molecule has 0 aliphatic heterocycles. The summed E-state index contributed by atoms with van der Waals surface area (Å²) < 4.78 is 16.2. The molecule has 0 saturated carbocycles. The van der Waals surface area contributed by atoms with Gasteiger partial charge >= 0.3 is 17.9 Å². The molecular weight excluding hydrogens is 433 g/mol. The number of hydrogen-bond acceptors (Lipinski definition) is 7. The quantitative estimate of drug-likeness (QED) is 0.215. The highest BCUT2D eigenvalue weighted by Crippen LogP contribution is 2.21. The summed E-state index contributed by atoms with van der Waals surface area (Å²) in [6.07, 6.45) is -1.78. The number of carbonyl (C=O) groups excluding carboxylic acids is 3. The fourth-order valence-electron chi connectivity index (χ4n) is 3.05. The minimum Gasteiger partial charge on any atom is -0.462 e. The Morgan fingerprint density at radius 1 is 0.706 bits per heavy atom. The summed E-state index contributed by atoms with van der Waals surface area (Å²) >= 11 is 0. The molecule has 1 N–H and O–H groups in total. The largest absolute Gasteiger partial charge is 0.462 e. The molecule has 3 atom stereocenters. The Kier molecular flexibility index (Phi) is 8.74. The van der Waals surface area contributed by atoms with Crippen LogP contribution in [0, 0.1) is 5.41 Å². The molecule has 3 aromatic rings. The van der Waals surface area contributed by atoms with E-state index < -0.39 is 35.9 Å². The Bertz CT molecular complexity index is 1110. The number of hydrogen-bond donors (Lipinski definition) is 1. The molecule has 3 rings (SSSR count). The smallest absolute Gasteiger partial charge is 0.338 e. The van der Waals surface area contributed by atoms with E-state index in [1.54, 1.807) is 91.0 Å². The maximum atomic E-state index is 12.7. The molecule has 0 aliphatic rings. The minimum atomic E-state index is -1.31. The third kappa shape index (κ3) is 6.65. The second-order valence-corrected chi connectivity index (χ2v) is 7.27. The lowest BCUT2D eigenvalue weighted by molar-refractivity contribution is -0.0230. The average molecular weight is 455 g/mol. The van der Waals surface area contributed by atoms with Crippen LogP contribution in [-0.2, 0) is 14.2 Å². The standard InChI is InChI=1S/C26H22BNO6/c27-21(17-32-24(29)18-10-4-1-5-11-18)23(34-26(31)20-14-8-3-9-15-20)22(16-28)33-25(30)19-12-6-2-7-13-19/h1-16,21-23,28H,17H2/t21-,22-,23+/m0/s1. The molecule has 2 radical (unpaired) electrons. The van der Waals surface area contributed by atoms with E-state index in [0.29, 0.717) is 5.56 Å². The predicted molar refractivity (Wildman–Crippen MR) is 126 cm³/mol. The van der Waals surface area contributed by atoms with Crippen molar-refractivity contribution in [1.29, 1.82) is 5.41 Å². The second kappa shape index (κ2) is 12.2. The molecule has 0 fully saturated rings. The van der Waals surface area contributed by atoms with E-state index in [9.17, 15) is 14.4 Å². The Labute approximate surface area is 198 Å². The van der Waals surface area contributed by atoms with Gasteiger partial charge < -0.3 is 19.6 Å². The van der Waals surface area contributed by atoms with Crippen LogP contribution in [0.15, 0.2) is 91.0 Å². The molecule has 34 heavy (non-hydrogen) atoms. The fourth-order valence-corrected chi connectivity index (χ4v) is 3.05. The monoisotopic (exact) mass is 455 g/mol. The van der Waals surface area contributed by atoms with Gasteiger partial charge in [0.05, 0.1) is 31.1 Å². The van der Waals surface area contributed by atoms with Crippen LogP contribution in [0.2, 0.25) is 5.82 Å². The van der Waals surface area contributed by atoms with Gasteiger partial charge in [0.25, 0.3) is 0 Å². The van der Waals surface area contributed by atoms with Crippen molar-refractivity contribution < 1.29 is 28.6 Å². The van der Waals surface area contributed by atoms with Crippen molar-refractivity contribution in [3.05, 3.63) is 108 Å². The van der Waals surface area contributed by atoms with Gasteiger partial charge in [-0.15, -0.1) is 0 Å². The number of esters is 3. The van der Waals surface area contributed by atoms with E-state index in [1.807, 2.05) is 0 Å². The first-order chi connectivity index (χ1) is 16.5. The molecule has 0 aliphatic carbocycles. The van der Waals surface area contributed by atoms with E-state index in [1.165, 1.54) is 0 Å². The van der Waals surface area contributed by atoms with Crippen molar-refractivity contribution in [3.63, 3.8) is 0 Å². The van der Waals surface area contributed by atoms with E-state index >= 15 is 0 Å². The number of carbonyl (C=O) groups is 3. The van der Waals surface area contributed by atoms with Crippen LogP contribution in [0.3, 0.4) is 0 Å². The number of nitrogens with one attached hydrogen (secondary N) is 1. The summed E-state index contributed by atoms with van der Waals surface area (Å²) in [5, 5.41) is 7.78. The van der Waals surface area contributed by atoms with Gasteiger partial charge in [-0.3, -0.25) is 0 Å². The summed E-state index contributed by atoms with van der Waals surface area (Å²) in [6.45, 7) is -0.340. The van der Waals surface area contributed by atoms with Gasteiger partial charge in [0, 0.05) is 6.21 Å². The lowest BCUT2D eigenvalue weighted by atomic mass is 9.80. The summed E-state index contributed by atoms with van der Waals surface area (Å²) in [5.74, 6) is -3.14. The van der Waals surface area contributed by atoms with Crippen LogP contribution in [0.1, 0.15) is 31.1 Å². The molecular formula is C26H22BNO6. The van der Waals surface area contributed by atoms with Crippen LogP contribution in [-0.4, -0.2) is 50.8 Å². The number of rotatable bonds is 10. The van der Waals surface area contributed by atoms with Gasteiger partial charge in [0.1, 0.15) is 6.10 Å². The van der Waals surface area contributed by atoms with Crippen LogP contribution < -0.4 is 0 Å². The van der Waals surface area contributed by atoms with Gasteiger partial charge in [-0.05, 0) is 42.2 Å². The summed E-state index contributed by atoms with van der Waals surface area (Å²) in [7, 11) is 6.21. The van der Waals surface area contributed by atoms with Gasteiger partial charge in [-0.25, -0.2) is 14.4 Å². The van der Waals surface area contributed by atoms with Gasteiger partial charge in [0.2, 0.25) is 0 Å². The second-order valence-electron chi connectivity index (χ2n) is 7.27. The molecule has 8 heteroatoms. The lowest BCUT2D eigenvalue weighted by Gasteiger charge is -2.29. The molecule has 170 valence electrons. The lowest BCUT2D eigenvalue weighted by Crippen LogP contribution is -2.41. The van der Waals surface area contributed by atoms with Gasteiger partial charge in [0.15, 0.2) is 6.10 Å². The molecule has 7 nitrogen and oxygen atoms in total. The van der Waals surface area contributed by atoms with Gasteiger partial charge in [-0.2, -0.15) is 0 Å². The molecule has 0 heterocycles. The van der Waals surface area contributed by atoms with Crippen molar-refractivity contribution in [2.24, 2.45) is 0 Å². The summed E-state index contributed by atoms with van der Waals surface area (Å²) in [4.78, 5) is 37.6. The SMILES string of the molecule is [B][C@@H](COC(=O)c1ccccc1)[C@@H](OC(=O)c1ccccc1)[C@H](C=N)OC(=O)c1ccccc1. The van der Waals surface area contributed by atoms with Crippen LogP contribution in [0.4, 0.5) is 0 Å². The van der Waals surface area contributed by atoms with Gasteiger partial charge in [-0.1, -0.05) is 54.6 Å². The van der Waals surface area contributed by atoms with Crippen molar-refractivity contribution in [2.75, 3.05) is 6.61 Å². The average Bonchev–Trinajstić information content (AvgIpc) is 2.90. The summed E-state index contributed by atoms with van der Waals surface area (Å²) in [6, 6.07) is 24.7. The van der Waals surface area contributed by atoms with Crippen molar-refractivity contribution in [2.45, 2.75) is 18.0 Å². The normalized spacial score (nSPS) is 13.1. The molecule has 3 aromatic carbocycles. The first-order valence-electron chi connectivity index (χ1n) is 10.5. The molecule has 0 bridgehead atoms. The van der Waals surface area contributed by atoms with Crippen LogP contribution in [0.5, 0.6) is 0 Å². The summed E-state index contributed by atoms with van der Waals surface area (Å²) in [5.41, 5.74) is 0.831. The van der Waals surface area contributed by atoms with E-state index in [-0.39, 0.29) is 17.7 Å². The molecule has 0 unspecified atom stereocenters. The third-order valence-corrected chi connectivity index (χ3v) is 4.83. The molecule has 0 aromatic heterocycles. The van der Waals surface area contributed by atoms with E-state index in [2.05, 4.69) is 0 Å². The first kappa shape index (κ1) is 24.4. The fraction of sp³-hybridized carbons (Fsp3) is 0.154. The maximum absolute atomic E-state index is 12.7. The van der Waals surface area contributed by atoms with E-state index in [4.69, 9.17) is 27.5 Å². The number of benzene rings is 3. The Morgan fingerprint density at radius 3 is 1.56 bits per heavy atom. The zero-order chi connectivity index (χ0) is 24.3.